The maximum absolute atomic E-state index is 12.7. The molecule has 0 aromatic heterocycles. The van der Waals surface area contributed by atoms with Crippen molar-refractivity contribution in [3.63, 3.8) is 0 Å². The Morgan fingerprint density at radius 2 is 2.00 bits per heavy atom. The molecule has 2 aliphatic heterocycles. The fourth-order valence-electron chi connectivity index (χ4n) is 3.75. The van der Waals surface area contributed by atoms with E-state index >= 15 is 0 Å². The van der Waals surface area contributed by atoms with Crippen molar-refractivity contribution >= 4 is 27.3 Å². The van der Waals surface area contributed by atoms with E-state index in [1.807, 2.05) is 0 Å². The third-order valence-corrected chi connectivity index (χ3v) is 8.00. The molecule has 4 rings (SSSR count). The van der Waals surface area contributed by atoms with E-state index in [1.165, 1.54) is 6.42 Å². The number of hydrogen-bond acceptors (Lipinski definition) is 4. The van der Waals surface area contributed by atoms with E-state index in [0.717, 1.165) is 12.8 Å². The average molecular weight is 370 g/mol. The van der Waals surface area contributed by atoms with Crippen LogP contribution in [0.5, 0.6) is 5.75 Å². The van der Waals surface area contributed by atoms with E-state index in [4.69, 9.17) is 16.3 Å². The average Bonchev–Trinajstić information content (AvgIpc) is 3.04. The van der Waals surface area contributed by atoms with Crippen LogP contribution in [0.3, 0.4) is 0 Å². The van der Waals surface area contributed by atoms with Gasteiger partial charge in [0.05, 0.1) is 27.7 Å². The zero-order valence-corrected chi connectivity index (χ0v) is 14.9. The largest absolute Gasteiger partial charge is 0.490 e. The Hall–Kier alpha value is -1.27. The van der Waals surface area contributed by atoms with E-state index in [1.54, 1.807) is 23.1 Å². The molecular weight excluding hydrogens is 350 g/mol. The van der Waals surface area contributed by atoms with E-state index < -0.39 is 15.1 Å². The fraction of sp³-hybridized carbons (Fsp3) is 0.588. The molecule has 1 aromatic carbocycles. The summed E-state index contributed by atoms with van der Waals surface area (Å²) in [6.07, 6.45) is 4.21. The molecule has 130 valence electrons. The Kier molecular flexibility index (Phi) is 4.00. The van der Waals surface area contributed by atoms with E-state index in [0.29, 0.717) is 29.3 Å². The molecule has 3 aliphatic rings. The minimum absolute atomic E-state index is 0.0685. The lowest BCUT2D eigenvalue weighted by atomic mass is 9.96. The first-order valence-corrected chi connectivity index (χ1v) is 10.5. The Balaban J connectivity index is 1.48. The van der Waals surface area contributed by atoms with Gasteiger partial charge in [0.2, 0.25) is 0 Å². The highest BCUT2D eigenvalue weighted by molar-refractivity contribution is 7.92. The molecule has 2 atom stereocenters. The van der Waals surface area contributed by atoms with Gasteiger partial charge in [-0.3, -0.25) is 4.79 Å². The fourth-order valence-corrected chi connectivity index (χ4v) is 6.15. The number of benzene rings is 1. The first kappa shape index (κ1) is 16.2. The summed E-state index contributed by atoms with van der Waals surface area (Å²) in [6, 6.07) is 5.13. The quantitative estimate of drug-likeness (QED) is 0.821. The van der Waals surface area contributed by atoms with Crippen LogP contribution in [0.2, 0.25) is 5.02 Å². The van der Waals surface area contributed by atoms with Gasteiger partial charge in [0.15, 0.2) is 9.84 Å². The Morgan fingerprint density at radius 1 is 1.21 bits per heavy atom. The van der Waals surface area contributed by atoms with E-state index in [2.05, 4.69) is 0 Å². The van der Waals surface area contributed by atoms with Crippen LogP contribution in [0, 0.1) is 5.92 Å². The van der Waals surface area contributed by atoms with Gasteiger partial charge >= 0.3 is 0 Å². The number of sulfone groups is 1. The molecule has 0 spiro atoms. The van der Waals surface area contributed by atoms with Crippen LogP contribution in [-0.4, -0.2) is 49.4 Å². The van der Waals surface area contributed by atoms with Gasteiger partial charge in [-0.1, -0.05) is 11.6 Å². The van der Waals surface area contributed by atoms with Crippen molar-refractivity contribution in [3.05, 3.63) is 28.8 Å². The number of fused-ring (bicyclic) bond motifs is 1. The van der Waals surface area contributed by atoms with Gasteiger partial charge in [0.1, 0.15) is 5.75 Å². The topological polar surface area (TPSA) is 63.7 Å². The second-order valence-electron chi connectivity index (χ2n) is 6.98. The van der Waals surface area contributed by atoms with E-state index in [9.17, 15) is 13.2 Å². The zero-order chi connectivity index (χ0) is 16.9. The van der Waals surface area contributed by atoms with Crippen LogP contribution in [0.25, 0.3) is 0 Å². The lowest BCUT2D eigenvalue weighted by Gasteiger charge is -2.26. The molecule has 0 radical (unpaired) electrons. The Bertz CT molecular complexity index is 775. The smallest absolute Gasteiger partial charge is 0.255 e. The van der Waals surface area contributed by atoms with Crippen molar-refractivity contribution in [2.45, 2.75) is 37.0 Å². The van der Waals surface area contributed by atoms with Gasteiger partial charge in [-0.15, -0.1) is 0 Å². The highest BCUT2D eigenvalue weighted by Gasteiger charge is 2.47. The number of carbonyl (C=O) groups excluding carboxylic acids is 1. The molecule has 1 amide bonds. The van der Waals surface area contributed by atoms with Gasteiger partial charge in [0.25, 0.3) is 5.91 Å². The number of nitrogens with zero attached hydrogens (tertiary/aromatic N) is 1. The Morgan fingerprint density at radius 3 is 2.62 bits per heavy atom. The van der Waals surface area contributed by atoms with Gasteiger partial charge in [-0.05, 0) is 49.8 Å². The first-order valence-electron chi connectivity index (χ1n) is 8.41. The lowest BCUT2D eigenvalue weighted by molar-refractivity contribution is 0.0786. The van der Waals surface area contributed by atoms with Crippen molar-refractivity contribution < 1.29 is 17.9 Å². The van der Waals surface area contributed by atoms with Crippen LogP contribution in [0.15, 0.2) is 18.2 Å². The number of rotatable bonds is 3. The molecule has 3 fully saturated rings. The highest BCUT2D eigenvalue weighted by Crippen LogP contribution is 2.35. The van der Waals surface area contributed by atoms with Gasteiger partial charge in [0, 0.05) is 13.1 Å². The summed E-state index contributed by atoms with van der Waals surface area (Å²) in [4.78, 5) is 14.3. The monoisotopic (exact) mass is 369 g/mol. The molecule has 0 unspecified atom stereocenters. The van der Waals surface area contributed by atoms with Crippen LogP contribution in [0.1, 0.15) is 36.0 Å². The molecule has 7 heteroatoms. The van der Waals surface area contributed by atoms with Crippen LogP contribution >= 0.6 is 11.6 Å². The molecule has 2 heterocycles. The lowest BCUT2D eigenvalue weighted by Crippen LogP contribution is -2.32. The molecule has 24 heavy (non-hydrogen) atoms. The predicted molar refractivity (Wildman–Crippen MR) is 91.3 cm³/mol. The van der Waals surface area contributed by atoms with E-state index in [-0.39, 0.29) is 30.2 Å². The minimum atomic E-state index is -3.05. The van der Waals surface area contributed by atoms with Gasteiger partial charge < -0.3 is 9.64 Å². The van der Waals surface area contributed by atoms with Crippen molar-refractivity contribution in [2.24, 2.45) is 5.92 Å². The maximum Gasteiger partial charge on any atom is 0.255 e. The zero-order valence-electron chi connectivity index (χ0n) is 13.3. The normalized spacial score (nSPS) is 28.5. The summed E-state index contributed by atoms with van der Waals surface area (Å²) in [5.41, 5.74) is 0.412. The summed E-state index contributed by atoms with van der Waals surface area (Å²) < 4.78 is 29.8. The minimum Gasteiger partial charge on any atom is -0.490 e. The van der Waals surface area contributed by atoms with Crippen molar-refractivity contribution in [1.29, 1.82) is 0 Å². The summed E-state index contributed by atoms with van der Waals surface area (Å²) in [5, 5.41) is -0.0433. The number of carbonyl (C=O) groups is 1. The second kappa shape index (κ2) is 5.92. The van der Waals surface area contributed by atoms with Crippen LogP contribution in [0.4, 0.5) is 0 Å². The standard InChI is InChI=1S/C17H20ClNO4S/c18-15-8-13(23-12-2-1-3-12)4-5-14(15)17(20)19-9-11-6-7-24(21,22)16(11)10-19/h4-5,8,11-12,16H,1-3,6-7,9-10H2/t11-,16+/m0/s1. The number of amides is 1. The highest BCUT2D eigenvalue weighted by atomic mass is 35.5. The van der Waals surface area contributed by atoms with Crippen LogP contribution < -0.4 is 4.74 Å². The van der Waals surface area contributed by atoms with Crippen LogP contribution in [-0.2, 0) is 9.84 Å². The molecule has 2 saturated heterocycles. The van der Waals surface area contributed by atoms with Crippen molar-refractivity contribution in [1.82, 2.24) is 4.90 Å². The van der Waals surface area contributed by atoms with Crippen molar-refractivity contribution in [3.8, 4) is 5.75 Å². The molecular formula is C17H20ClNO4S. The summed E-state index contributed by atoms with van der Waals surface area (Å²) >= 11 is 6.28. The molecule has 0 bridgehead atoms. The third kappa shape index (κ3) is 2.80. The molecule has 1 aliphatic carbocycles. The number of likely N-dealkylation sites (tertiary alicyclic amines) is 1. The summed E-state index contributed by atoms with van der Waals surface area (Å²) in [6.45, 7) is 0.780. The number of ether oxygens (including phenoxy) is 1. The Labute approximate surface area is 146 Å². The first-order chi connectivity index (χ1) is 11.4. The molecule has 1 saturated carbocycles. The molecule has 1 aromatic rings. The summed E-state index contributed by atoms with van der Waals surface area (Å²) in [5.74, 6) is 0.805. The van der Waals surface area contributed by atoms with Crippen molar-refractivity contribution in [2.75, 3.05) is 18.8 Å². The maximum atomic E-state index is 12.7. The van der Waals surface area contributed by atoms with Gasteiger partial charge in [-0.2, -0.15) is 0 Å². The SMILES string of the molecule is O=C(c1ccc(OC2CCC2)cc1Cl)N1C[C@@H]2CCS(=O)(=O)[C@@H]2C1. The third-order valence-electron chi connectivity index (χ3n) is 5.43. The number of halogens is 1. The second-order valence-corrected chi connectivity index (χ2v) is 9.72. The summed E-state index contributed by atoms with van der Waals surface area (Å²) in [7, 11) is -3.05. The predicted octanol–water partition coefficient (Wildman–Crippen LogP) is 2.53. The molecule has 0 N–H and O–H groups in total. The number of hydrogen-bond donors (Lipinski definition) is 0. The van der Waals surface area contributed by atoms with Gasteiger partial charge in [-0.25, -0.2) is 8.42 Å². The molecule has 5 nitrogen and oxygen atoms in total.